The molecule has 0 bridgehead atoms. The van der Waals surface area contributed by atoms with Gasteiger partial charge in [-0.05, 0) is 77.0 Å². The van der Waals surface area contributed by atoms with Gasteiger partial charge in [-0.15, -0.1) is 0 Å². The van der Waals surface area contributed by atoms with Gasteiger partial charge in [0.2, 0.25) is 0 Å². The van der Waals surface area contributed by atoms with Crippen LogP contribution in [0.15, 0.2) is 60.8 Å². The molecule has 0 aliphatic heterocycles. The van der Waals surface area contributed by atoms with Crippen molar-refractivity contribution in [1.29, 1.82) is 0 Å². The van der Waals surface area contributed by atoms with Crippen molar-refractivity contribution in [2.45, 2.75) is 211 Å². The molecule has 0 aromatic carbocycles. The second kappa shape index (κ2) is 37.0. The van der Waals surface area contributed by atoms with Crippen LogP contribution in [0.3, 0.4) is 0 Å². The zero-order chi connectivity index (χ0) is 45.0. The fourth-order valence-electron chi connectivity index (χ4n) is 6.62. The Morgan fingerprint density at radius 1 is 0.525 bits per heavy atom. The largest absolute Gasteiger partial charge is 0.472 e. The van der Waals surface area contributed by atoms with E-state index in [1.165, 1.54) is 32.1 Å². The molecule has 0 amide bonds. The van der Waals surface area contributed by atoms with Gasteiger partial charge in [-0.2, -0.15) is 0 Å². The maximum absolute atomic E-state index is 12.8. The lowest BCUT2D eigenvalue weighted by atomic mass is 9.85. The van der Waals surface area contributed by atoms with Gasteiger partial charge in [-0.25, -0.2) is 4.57 Å². The molecule has 61 heavy (non-hydrogen) atoms. The normalized spacial score (nSPS) is 22.6. The molecule has 6 unspecified atom stereocenters. The number of allylic oxidation sites excluding steroid dienone is 10. The summed E-state index contributed by atoms with van der Waals surface area (Å²) in [5, 5.41) is 50.1. The highest BCUT2D eigenvalue weighted by atomic mass is 31.2. The minimum absolute atomic E-state index is 0.0836. The summed E-state index contributed by atoms with van der Waals surface area (Å²) < 4.78 is 33.5. The Labute approximate surface area is 366 Å². The lowest BCUT2D eigenvalue weighted by molar-refractivity contribution is -0.220. The van der Waals surface area contributed by atoms with Gasteiger partial charge in [0, 0.05) is 12.8 Å². The molecule has 13 nitrogen and oxygen atoms in total. The monoisotopic (exact) mass is 885 g/mol. The van der Waals surface area contributed by atoms with E-state index < -0.39 is 75.7 Å². The molecule has 352 valence electrons. The molecule has 1 saturated carbocycles. The Hall–Kier alpha value is -2.45. The highest BCUT2D eigenvalue weighted by Gasteiger charge is 2.51. The number of phosphoric ester groups is 1. The fourth-order valence-corrected chi connectivity index (χ4v) is 7.60. The summed E-state index contributed by atoms with van der Waals surface area (Å²) in [6, 6.07) is 0. The second-order valence-electron chi connectivity index (χ2n) is 15.9. The number of hydrogen-bond acceptors (Lipinski definition) is 12. The lowest BCUT2D eigenvalue weighted by Crippen LogP contribution is -2.64. The first-order valence-electron chi connectivity index (χ1n) is 23.1. The van der Waals surface area contributed by atoms with E-state index in [0.29, 0.717) is 12.8 Å². The zero-order valence-corrected chi connectivity index (χ0v) is 38.1. The standard InChI is InChI=1S/C47H81O13P/c1-3-5-7-9-11-13-15-17-19-20-22-23-25-27-29-31-33-35-40(48)57-37-39(38-58-61(55,56)60-47-45(53)43(51)42(50)44(52)46(47)54)59-41(49)36-34-32-30-28-26-24-21-18-16-14-12-10-8-6-4-2/h5,7,11,13-14,16-17,19,22-23,39,42-47,50-54H,3-4,6,8-10,12,15,18,20-21,24-38H2,1-2H3,(H,55,56). The average Bonchev–Trinajstić information content (AvgIpc) is 3.24. The van der Waals surface area contributed by atoms with Crippen LogP contribution < -0.4 is 0 Å². The third-order valence-electron chi connectivity index (χ3n) is 10.3. The average molecular weight is 885 g/mol. The van der Waals surface area contributed by atoms with E-state index in [4.69, 9.17) is 18.5 Å². The van der Waals surface area contributed by atoms with Crippen LogP contribution in [0.1, 0.15) is 168 Å². The van der Waals surface area contributed by atoms with Crippen LogP contribution in [0.2, 0.25) is 0 Å². The number of unbranched alkanes of at least 4 members (excludes halogenated alkanes) is 15. The van der Waals surface area contributed by atoms with Gasteiger partial charge in [0.15, 0.2) is 6.10 Å². The van der Waals surface area contributed by atoms with Crippen molar-refractivity contribution >= 4 is 19.8 Å². The summed E-state index contributed by atoms with van der Waals surface area (Å²) in [6.07, 6.45) is 31.3. The van der Waals surface area contributed by atoms with Crippen LogP contribution in [-0.2, 0) is 32.7 Å². The predicted octanol–water partition coefficient (Wildman–Crippen LogP) is 8.94. The Balaban J connectivity index is 2.48. The Bertz CT molecular complexity index is 1300. The second-order valence-corrected chi connectivity index (χ2v) is 17.3. The van der Waals surface area contributed by atoms with E-state index >= 15 is 0 Å². The van der Waals surface area contributed by atoms with Crippen molar-refractivity contribution in [3.8, 4) is 0 Å². The van der Waals surface area contributed by atoms with E-state index in [0.717, 1.165) is 96.3 Å². The van der Waals surface area contributed by atoms with Gasteiger partial charge in [0.05, 0.1) is 6.61 Å². The predicted molar refractivity (Wildman–Crippen MR) is 239 cm³/mol. The molecule has 14 heteroatoms. The number of rotatable bonds is 37. The van der Waals surface area contributed by atoms with E-state index in [-0.39, 0.29) is 12.8 Å². The minimum atomic E-state index is -5.13. The number of carbonyl (C=O) groups is 2. The summed E-state index contributed by atoms with van der Waals surface area (Å²) in [6.45, 7) is 3.14. The van der Waals surface area contributed by atoms with Crippen LogP contribution in [0.25, 0.3) is 0 Å². The van der Waals surface area contributed by atoms with E-state index in [1.807, 2.05) is 0 Å². The first-order valence-corrected chi connectivity index (χ1v) is 24.6. The van der Waals surface area contributed by atoms with Crippen molar-refractivity contribution in [1.82, 2.24) is 0 Å². The minimum Gasteiger partial charge on any atom is -0.462 e. The summed E-state index contributed by atoms with van der Waals surface area (Å²) in [5.41, 5.74) is 0. The highest BCUT2D eigenvalue weighted by Crippen LogP contribution is 2.47. The van der Waals surface area contributed by atoms with Gasteiger partial charge in [0.25, 0.3) is 0 Å². The molecule has 1 aliphatic rings. The van der Waals surface area contributed by atoms with Crippen LogP contribution >= 0.6 is 7.82 Å². The zero-order valence-electron chi connectivity index (χ0n) is 37.2. The van der Waals surface area contributed by atoms with Crippen LogP contribution in [-0.4, -0.2) is 98.3 Å². The maximum Gasteiger partial charge on any atom is 0.472 e. The van der Waals surface area contributed by atoms with Crippen molar-refractivity contribution in [3.63, 3.8) is 0 Å². The van der Waals surface area contributed by atoms with Crippen LogP contribution in [0.4, 0.5) is 0 Å². The molecular formula is C47H81O13P. The van der Waals surface area contributed by atoms with E-state index in [2.05, 4.69) is 74.6 Å². The molecule has 0 aromatic rings. The highest BCUT2D eigenvalue weighted by molar-refractivity contribution is 7.47. The van der Waals surface area contributed by atoms with Crippen molar-refractivity contribution in [2.75, 3.05) is 13.2 Å². The molecule has 0 spiro atoms. The van der Waals surface area contributed by atoms with Crippen molar-refractivity contribution in [2.24, 2.45) is 0 Å². The molecule has 6 N–H and O–H groups in total. The molecule has 6 atom stereocenters. The Morgan fingerprint density at radius 3 is 1.44 bits per heavy atom. The van der Waals surface area contributed by atoms with E-state index in [1.54, 1.807) is 0 Å². The van der Waals surface area contributed by atoms with Gasteiger partial charge >= 0.3 is 19.8 Å². The number of esters is 2. The number of aliphatic hydroxyl groups excluding tert-OH is 5. The molecule has 1 fully saturated rings. The summed E-state index contributed by atoms with van der Waals surface area (Å²) >= 11 is 0. The fraction of sp³-hybridized carbons (Fsp3) is 0.745. The van der Waals surface area contributed by atoms with Crippen molar-refractivity contribution in [3.05, 3.63) is 60.8 Å². The quantitative estimate of drug-likeness (QED) is 0.0149. The molecule has 1 aliphatic carbocycles. The Morgan fingerprint density at radius 2 is 0.934 bits per heavy atom. The summed E-state index contributed by atoms with van der Waals surface area (Å²) in [5.74, 6) is -1.14. The van der Waals surface area contributed by atoms with Gasteiger partial charge in [-0.3, -0.25) is 18.6 Å². The smallest absolute Gasteiger partial charge is 0.462 e. The molecule has 0 radical (unpaired) electrons. The number of hydrogen-bond donors (Lipinski definition) is 6. The van der Waals surface area contributed by atoms with Gasteiger partial charge in [0.1, 0.15) is 43.2 Å². The van der Waals surface area contributed by atoms with Crippen molar-refractivity contribution < 1.29 is 63.1 Å². The third kappa shape index (κ3) is 29.5. The van der Waals surface area contributed by atoms with Gasteiger partial charge < -0.3 is 39.9 Å². The third-order valence-corrected chi connectivity index (χ3v) is 11.3. The lowest BCUT2D eigenvalue weighted by Gasteiger charge is -2.41. The Kier molecular flexibility index (Phi) is 34.3. The molecule has 0 heterocycles. The topological polar surface area (TPSA) is 210 Å². The summed E-state index contributed by atoms with van der Waals surface area (Å²) in [4.78, 5) is 35.7. The first-order chi connectivity index (χ1) is 29.4. The number of ether oxygens (including phenoxy) is 2. The van der Waals surface area contributed by atoms with Crippen LogP contribution in [0, 0.1) is 0 Å². The van der Waals surface area contributed by atoms with E-state index in [9.17, 15) is 44.6 Å². The number of aliphatic hydroxyl groups is 5. The molecule has 1 rings (SSSR count). The number of phosphoric acid groups is 1. The SMILES string of the molecule is CCC=CCC=CCC=CCC=CCCCCCCC(=O)OCC(COP(=O)(O)OC1C(O)C(O)C(O)C(O)C1O)OC(=O)CCCCCCCCCC=CCCCCCC. The maximum atomic E-state index is 12.8. The molecule has 0 saturated heterocycles. The number of carbonyl (C=O) groups excluding carboxylic acids is 2. The molecule has 0 aromatic heterocycles. The molecular weight excluding hydrogens is 803 g/mol. The van der Waals surface area contributed by atoms with Crippen LogP contribution in [0.5, 0.6) is 0 Å². The first kappa shape index (κ1) is 56.6. The van der Waals surface area contributed by atoms with Gasteiger partial charge in [-0.1, -0.05) is 139 Å². The summed E-state index contributed by atoms with van der Waals surface area (Å²) in [7, 11) is -5.13.